The van der Waals surface area contributed by atoms with Crippen molar-refractivity contribution in [1.82, 2.24) is 0 Å². The number of phenolic OH excluding ortho intramolecular Hbond substituents is 4. The molecule has 12 nitrogen and oxygen atoms in total. The van der Waals surface area contributed by atoms with E-state index < -0.39 is 52.3 Å². The molecule has 54 heavy (non-hydrogen) atoms. The van der Waals surface area contributed by atoms with Gasteiger partial charge in [-0.3, -0.25) is 0 Å². The number of benzene rings is 4. The molecular weight excluding hydrogens is 696 g/mol. The summed E-state index contributed by atoms with van der Waals surface area (Å²) in [4.78, 5) is 54.6. The van der Waals surface area contributed by atoms with E-state index in [0.717, 1.165) is 6.07 Å². The van der Waals surface area contributed by atoms with E-state index in [4.69, 9.17) is 18.9 Å². The molecule has 12 heteroatoms. The van der Waals surface area contributed by atoms with Crippen molar-refractivity contribution in [2.45, 2.75) is 38.9 Å². The van der Waals surface area contributed by atoms with Crippen LogP contribution in [0.2, 0.25) is 0 Å². The zero-order chi connectivity index (χ0) is 40.1. The van der Waals surface area contributed by atoms with Gasteiger partial charge in [-0.15, -0.1) is 0 Å². The topological polar surface area (TPSA) is 186 Å². The van der Waals surface area contributed by atoms with Gasteiger partial charge in [-0.05, 0) is 99.5 Å². The molecule has 0 fully saturated rings. The summed E-state index contributed by atoms with van der Waals surface area (Å²) < 4.78 is 24.2. The van der Waals surface area contributed by atoms with Gasteiger partial charge < -0.3 is 39.4 Å². The van der Waals surface area contributed by atoms with Crippen LogP contribution in [0, 0.1) is 0 Å². The molecule has 4 N–H and O–H groups in total. The number of aromatic hydroxyl groups is 4. The van der Waals surface area contributed by atoms with Gasteiger partial charge >= 0.3 is 29.7 Å². The summed E-state index contributed by atoms with van der Waals surface area (Å²) in [5, 5.41) is 42.7. The molecular formula is C42H38O12. The molecule has 0 unspecified atom stereocenters. The van der Waals surface area contributed by atoms with E-state index in [1.807, 2.05) is 0 Å². The van der Waals surface area contributed by atoms with E-state index in [1.54, 1.807) is 0 Å². The van der Waals surface area contributed by atoms with Crippen molar-refractivity contribution in [2.24, 2.45) is 0 Å². The molecule has 0 radical (unpaired) electrons. The number of carbonyl (C=O) groups excluding carboxylic acids is 4. The predicted molar refractivity (Wildman–Crippen MR) is 197 cm³/mol. The molecule has 0 saturated heterocycles. The SMILES string of the molecule is C=C(C)C(=O)Oc1c(O)ccc(C(c2ccc(O)cc2)(c2ccc(O)cc2)C(OC(=O)C(=C)C)(OC(=O)C(=C)C)c2ccc(O)cc2)c1OC(=O)C(=C)C. The first-order chi connectivity index (χ1) is 25.3. The Morgan fingerprint density at radius 3 is 1.15 bits per heavy atom. The molecule has 4 rings (SSSR count). The molecule has 4 aromatic carbocycles. The normalized spacial score (nSPS) is 11.1. The highest BCUT2D eigenvalue weighted by Crippen LogP contribution is 2.60. The first-order valence-corrected chi connectivity index (χ1v) is 16.1. The summed E-state index contributed by atoms with van der Waals surface area (Å²) in [6, 6.07) is 18.0. The summed E-state index contributed by atoms with van der Waals surface area (Å²) in [5.74, 6) is -9.83. The minimum atomic E-state index is -2.81. The maximum absolute atomic E-state index is 14.0. The molecule has 0 heterocycles. The molecule has 0 aliphatic rings. The minimum absolute atomic E-state index is 0.0542. The zero-order valence-corrected chi connectivity index (χ0v) is 30.0. The standard InChI is InChI=1S/C42H38O12/c1-23(2)37(47)51-35-33(21-22-34(46)36(35)52-38(48)24(3)4)41(27-9-15-30(43)16-10-27,28-11-17-31(44)18-12-28)42(53-39(49)25(5)6,54-40(50)26(7)8)29-13-19-32(45)20-14-29/h9-22,43-46H,1,3,5,7H2,2,4,6,8H3. The van der Waals surface area contributed by atoms with Crippen LogP contribution in [-0.2, 0) is 39.9 Å². The van der Waals surface area contributed by atoms with E-state index in [1.165, 1.54) is 107 Å². The predicted octanol–water partition coefficient (Wildman–Crippen LogP) is 6.90. The number of esters is 4. The number of ether oxygens (including phenoxy) is 4. The van der Waals surface area contributed by atoms with Crippen molar-refractivity contribution in [3.63, 3.8) is 0 Å². The lowest BCUT2D eigenvalue weighted by Gasteiger charge is -2.50. The summed E-state index contributed by atoms with van der Waals surface area (Å²) in [7, 11) is 0. The van der Waals surface area contributed by atoms with Gasteiger partial charge in [-0.2, -0.15) is 0 Å². The van der Waals surface area contributed by atoms with Crippen molar-refractivity contribution in [1.29, 1.82) is 0 Å². The maximum Gasteiger partial charge on any atom is 0.338 e. The van der Waals surface area contributed by atoms with Gasteiger partial charge in [0, 0.05) is 33.4 Å². The van der Waals surface area contributed by atoms with Crippen molar-refractivity contribution in [3.05, 3.63) is 156 Å². The van der Waals surface area contributed by atoms with Gasteiger partial charge in [0.05, 0.1) is 0 Å². The summed E-state index contributed by atoms with van der Waals surface area (Å²) >= 11 is 0. The maximum atomic E-state index is 14.0. The Balaban J connectivity index is 2.49. The van der Waals surface area contributed by atoms with Crippen LogP contribution in [0.25, 0.3) is 0 Å². The average Bonchev–Trinajstić information content (AvgIpc) is 3.11. The highest BCUT2D eigenvalue weighted by molar-refractivity contribution is 5.93. The Kier molecular flexibility index (Phi) is 11.5. The first-order valence-electron chi connectivity index (χ1n) is 16.1. The Morgan fingerprint density at radius 1 is 0.463 bits per heavy atom. The van der Waals surface area contributed by atoms with Gasteiger partial charge in [-0.1, -0.05) is 50.6 Å². The van der Waals surface area contributed by atoms with Crippen LogP contribution in [0.1, 0.15) is 49.9 Å². The highest BCUT2D eigenvalue weighted by Gasteiger charge is 2.64. The second kappa shape index (κ2) is 15.7. The molecule has 0 aliphatic heterocycles. The number of carbonyl (C=O) groups is 4. The molecule has 0 aromatic heterocycles. The molecule has 278 valence electrons. The smallest absolute Gasteiger partial charge is 0.338 e. The van der Waals surface area contributed by atoms with Crippen LogP contribution >= 0.6 is 0 Å². The summed E-state index contributed by atoms with van der Waals surface area (Å²) in [5.41, 5.74) is -3.19. The zero-order valence-electron chi connectivity index (χ0n) is 30.0. The monoisotopic (exact) mass is 734 g/mol. The van der Waals surface area contributed by atoms with Gasteiger partial charge in [0.25, 0.3) is 0 Å². The van der Waals surface area contributed by atoms with E-state index in [0.29, 0.717) is 0 Å². The lowest BCUT2D eigenvalue weighted by atomic mass is 9.61. The first kappa shape index (κ1) is 39.7. The Bertz CT molecular complexity index is 2100. The van der Waals surface area contributed by atoms with E-state index in [9.17, 15) is 39.6 Å². The van der Waals surface area contributed by atoms with Crippen molar-refractivity contribution >= 4 is 23.9 Å². The fraction of sp³-hybridized carbons (Fsp3) is 0.143. The third-order valence-electron chi connectivity index (χ3n) is 8.09. The van der Waals surface area contributed by atoms with Crippen LogP contribution in [0.4, 0.5) is 0 Å². The largest absolute Gasteiger partial charge is 0.508 e. The number of rotatable bonds is 13. The van der Waals surface area contributed by atoms with Gasteiger partial charge in [0.2, 0.25) is 5.75 Å². The van der Waals surface area contributed by atoms with Gasteiger partial charge in [0.1, 0.15) is 22.7 Å². The molecule has 0 spiro atoms. The second-order valence-corrected chi connectivity index (χ2v) is 12.5. The number of phenols is 4. The third-order valence-corrected chi connectivity index (χ3v) is 8.09. The summed E-state index contributed by atoms with van der Waals surface area (Å²) in [6.07, 6.45) is 0. The summed E-state index contributed by atoms with van der Waals surface area (Å²) in [6.45, 7) is 20.0. The van der Waals surface area contributed by atoms with Gasteiger partial charge in [-0.25, -0.2) is 19.2 Å². The van der Waals surface area contributed by atoms with Crippen LogP contribution in [-0.4, -0.2) is 44.3 Å². The van der Waals surface area contributed by atoms with Crippen LogP contribution < -0.4 is 9.47 Å². The molecule has 4 aromatic rings. The number of hydrogen-bond donors (Lipinski definition) is 4. The highest BCUT2D eigenvalue weighted by atomic mass is 16.7. The van der Waals surface area contributed by atoms with E-state index >= 15 is 0 Å². The lowest BCUT2D eigenvalue weighted by Crippen LogP contribution is -2.56. The lowest BCUT2D eigenvalue weighted by molar-refractivity contribution is -0.247. The van der Waals surface area contributed by atoms with Gasteiger partial charge in [0.15, 0.2) is 11.5 Å². The minimum Gasteiger partial charge on any atom is -0.508 e. The van der Waals surface area contributed by atoms with Crippen molar-refractivity contribution < 1.29 is 58.6 Å². The molecule has 0 aliphatic carbocycles. The fourth-order valence-corrected chi connectivity index (χ4v) is 5.49. The van der Waals surface area contributed by atoms with Crippen LogP contribution in [0.5, 0.6) is 34.5 Å². The van der Waals surface area contributed by atoms with Crippen LogP contribution in [0.3, 0.4) is 0 Å². The fourth-order valence-electron chi connectivity index (χ4n) is 5.49. The second-order valence-electron chi connectivity index (χ2n) is 12.5. The average molecular weight is 735 g/mol. The molecule has 0 amide bonds. The van der Waals surface area contributed by atoms with Crippen molar-refractivity contribution in [3.8, 4) is 34.5 Å². The Hall–Kier alpha value is -7.08. The quantitative estimate of drug-likeness (QED) is 0.0367. The third kappa shape index (κ3) is 7.58. The Labute approximate surface area is 311 Å². The Morgan fingerprint density at radius 2 is 0.796 bits per heavy atom. The van der Waals surface area contributed by atoms with E-state index in [-0.39, 0.29) is 61.8 Å². The van der Waals surface area contributed by atoms with Crippen molar-refractivity contribution in [2.75, 3.05) is 0 Å². The molecule has 0 bridgehead atoms. The van der Waals surface area contributed by atoms with E-state index in [2.05, 4.69) is 26.3 Å². The molecule has 0 saturated carbocycles. The van der Waals surface area contributed by atoms with Crippen LogP contribution in [0.15, 0.2) is 134 Å². The molecule has 0 atom stereocenters. The number of hydrogen-bond acceptors (Lipinski definition) is 12.